The predicted octanol–water partition coefficient (Wildman–Crippen LogP) is 2.85. The van der Waals surface area contributed by atoms with E-state index in [4.69, 9.17) is 0 Å². The van der Waals surface area contributed by atoms with Gasteiger partial charge in [0, 0.05) is 31.1 Å². The Morgan fingerprint density at radius 3 is 2.73 bits per heavy atom. The number of aliphatic imine (C=N–C) groups is 1. The van der Waals surface area contributed by atoms with E-state index in [-0.39, 0.29) is 0 Å². The Morgan fingerprint density at radius 2 is 1.91 bits per heavy atom. The Bertz CT molecular complexity index is 719. The van der Waals surface area contributed by atoms with Crippen LogP contribution in [0.1, 0.15) is 12.1 Å². The highest BCUT2D eigenvalue weighted by molar-refractivity contribution is 5.76. The lowest BCUT2D eigenvalue weighted by molar-refractivity contribution is 0.565. The Kier molecular flexibility index (Phi) is 4.67. The highest BCUT2D eigenvalue weighted by Crippen LogP contribution is 2.14. The van der Waals surface area contributed by atoms with E-state index in [1.807, 2.05) is 59.4 Å². The lowest BCUT2D eigenvalue weighted by Crippen LogP contribution is -2.00. The molecule has 5 nitrogen and oxygen atoms in total. The van der Waals surface area contributed by atoms with E-state index in [0.717, 1.165) is 36.5 Å². The molecule has 0 amide bonds. The Morgan fingerprint density at radius 1 is 1.05 bits per heavy atom. The third-order valence-corrected chi connectivity index (χ3v) is 3.19. The van der Waals surface area contributed by atoms with E-state index in [0.29, 0.717) is 0 Å². The maximum atomic E-state index is 4.37. The molecule has 1 aromatic carbocycles. The van der Waals surface area contributed by atoms with Crippen molar-refractivity contribution in [1.82, 2.24) is 20.0 Å². The average Bonchev–Trinajstić information content (AvgIpc) is 3.05. The lowest BCUT2D eigenvalue weighted by Gasteiger charge is -1.97. The van der Waals surface area contributed by atoms with E-state index in [1.54, 1.807) is 12.4 Å². The number of rotatable bonds is 6. The first kappa shape index (κ1) is 14.1. The number of nitrogens with zero attached hydrogens (tertiary/aromatic N) is 5. The summed E-state index contributed by atoms with van der Waals surface area (Å²) < 4.78 is 1.86. The summed E-state index contributed by atoms with van der Waals surface area (Å²) >= 11 is 0. The summed E-state index contributed by atoms with van der Waals surface area (Å²) in [5.41, 5.74) is 2.87. The maximum Gasteiger partial charge on any atom is 0.113 e. The minimum atomic E-state index is 0.747. The smallest absolute Gasteiger partial charge is 0.113 e. The third-order valence-electron chi connectivity index (χ3n) is 3.19. The van der Waals surface area contributed by atoms with Gasteiger partial charge in [-0.05, 0) is 18.6 Å². The van der Waals surface area contributed by atoms with E-state index in [2.05, 4.69) is 20.3 Å². The molecule has 22 heavy (non-hydrogen) atoms. The lowest BCUT2D eigenvalue weighted by atomic mass is 10.2. The monoisotopic (exact) mass is 291 g/mol. The first-order valence-electron chi connectivity index (χ1n) is 7.28. The SMILES string of the molecule is C(=NCCCn1cc(-c2ccccc2)nn1)c1ccccn1. The molecule has 0 aliphatic heterocycles. The molecule has 5 heteroatoms. The van der Waals surface area contributed by atoms with Gasteiger partial charge in [0.2, 0.25) is 0 Å². The number of benzene rings is 1. The Labute approximate surface area is 129 Å². The standard InChI is InChI=1S/C17H17N5/c1-2-7-15(8-3-1)17-14-22(21-20-17)12-6-10-18-13-16-9-4-5-11-19-16/h1-5,7-9,11,13-14H,6,10,12H2. The van der Waals surface area contributed by atoms with Crippen molar-refractivity contribution in [3.63, 3.8) is 0 Å². The molecular weight excluding hydrogens is 274 g/mol. The van der Waals surface area contributed by atoms with Gasteiger partial charge in [0.15, 0.2) is 0 Å². The van der Waals surface area contributed by atoms with Gasteiger partial charge < -0.3 is 0 Å². The second kappa shape index (κ2) is 7.26. The van der Waals surface area contributed by atoms with Crippen LogP contribution in [-0.2, 0) is 6.54 Å². The second-order valence-electron chi connectivity index (χ2n) is 4.88. The van der Waals surface area contributed by atoms with Gasteiger partial charge in [-0.25, -0.2) is 0 Å². The highest BCUT2D eigenvalue weighted by Gasteiger charge is 2.02. The summed E-state index contributed by atoms with van der Waals surface area (Å²) in [6.07, 6.45) is 6.46. The van der Waals surface area contributed by atoms with Crippen LogP contribution in [0.15, 0.2) is 65.9 Å². The van der Waals surface area contributed by atoms with Crippen molar-refractivity contribution in [2.75, 3.05) is 6.54 Å². The minimum Gasteiger partial charge on any atom is -0.291 e. The Hall–Kier alpha value is -2.82. The minimum absolute atomic E-state index is 0.747. The summed E-state index contributed by atoms with van der Waals surface area (Å²) in [5.74, 6) is 0. The molecule has 0 saturated carbocycles. The molecule has 0 bridgehead atoms. The number of hydrogen-bond donors (Lipinski definition) is 0. The predicted molar refractivity (Wildman–Crippen MR) is 86.8 cm³/mol. The molecule has 0 saturated heterocycles. The maximum absolute atomic E-state index is 4.37. The van der Waals surface area contributed by atoms with E-state index in [9.17, 15) is 0 Å². The molecule has 2 aromatic heterocycles. The van der Waals surface area contributed by atoms with Crippen molar-refractivity contribution in [2.45, 2.75) is 13.0 Å². The zero-order chi connectivity index (χ0) is 15.0. The van der Waals surface area contributed by atoms with Crippen molar-refractivity contribution in [3.05, 3.63) is 66.6 Å². The van der Waals surface area contributed by atoms with Crippen LogP contribution in [0.25, 0.3) is 11.3 Å². The van der Waals surface area contributed by atoms with Crippen LogP contribution in [0.3, 0.4) is 0 Å². The number of aromatic nitrogens is 4. The van der Waals surface area contributed by atoms with Crippen LogP contribution < -0.4 is 0 Å². The molecule has 0 fully saturated rings. The van der Waals surface area contributed by atoms with Crippen LogP contribution >= 0.6 is 0 Å². The molecule has 110 valence electrons. The van der Waals surface area contributed by atoms with Gasteiger partial charge in [-0.1, -0.05) is 41.6 Å². The fourth-order valence-electron chi connectivity index (χ4n) is 2.08. The zero-order valence-electron chi connectivity index (χ0n) is 12.2. The molecule has 0 aliphatic carbocycles. The van der Waals surface area contributed by atoms with Gasteiger partial charge in [0.25, 0.3) is 0 Å². The number of pyridine rings is 1. The molecule has 0 unspecified atom stereocenters. The van der Waals surface area contributed by atoms with Gasteiger partial charge in [0.05, 0.1) is 11.9 Å². The van der Waals surface area contributed by atoms with E-state index >= 15 is 0 Å². The first-order valence-corrected chi connectivity index (χ1v) is 7.28. The van der Waals surface area contributed by atoms with Crippen LogP contribution in [0, 0.1) is 0 Å². The molecule has 3 rings (SSSR count). The van der Waals surface area contributed by atoms with Crippen molar-refractivity contribution >= 4 is 6.21 Å². The topological polar surface area (TPSA) is 56.0 Å². The third kappa shape index (κ3) is 3.85. The molecule has 0 radical (unpaired) electrons. The highest BCUT2D eigenvalue weighted by atomic mass is 15.4. The number of hydrogen-bond acceptors (Lipinski definition) is 4. The largest absolute Gasteiger partial charge is 0.291 e. The fraction of sp³-hybridized carbons (Fsp3) is 0.176. The molecule has 3 aromatic rings. The molecule has 2 heterocycles. The van der Waals surface area contributed by atoms with Gasteiger partial charge in [-0.15, -0.1) is 5.10 Å². The van der Waals surface area contributed by atoms with Crippen molar-refractivity contribution in [3.8, 4) is 11.3 Å². The van der Waals surface area contributed by atoms with Gasteiger partial charge in [-0.3, -0.25) is 14.7 Å². The molecule has 0 atom stereocenters. The van der Waals surface area contributed by atoms with Crippen LogP contribution in [0.4, 0.5) is 0 Å². The molecule has 0 spiro atoms. The zero-order valence-corrected chi connectivity index (χ0v) is 12.2. The average molecular weight is 291 g/mol. The van der Waals surface area contributed by atoms with Gasteiger partial charge >= 0.3 is 0 Å². The summed E-state index contributed by atoms with van der Waals surface area (Å²) in [4.78, 5) is 8.57. The second-order valence-corrected chi connectivity index (χ2v) is 4.88. The van der Waals surface area contributed by atoms with Crippen molar-refractivity contribution < 1.29 is 0 Å². The first-order chi connectivity index (χ1) is 10.9. The summed E-state index contributed by atoms with van der Waals surface area (Å²) in [7, 11) is 0. The quantitative estimate of drug-likeness (QED) is 0.518. The summed E-state index contributed by atoms with van der Waals surface area (Å²) in [5, 5.41) is 8.35. The van der Waals surface area contributed by atoms with Crippen LogP contribution in [0.5, 0.6) is 0 Å². The fourth-order valence-corrected chi connectivity index (χ4v) is 2.08. The van der Waals surface area contributed by atoms with Crippen molar-refractivity contribution in [2.24, 2.45) is 4.99 Å². The summed E-state index contributed by atoms with van der Waals surface area (Å²) in [6, 6.07) is 15.8. The Balaban J connectivity index is 1.48. The van der Waals surface area contributed by atoms with Crippen LogP contribution in [0.2, 0.25) is 0 Å². The number of aryl methyl sites for hydroxylation is 1. The van der Waals surface area contributed by atoms with Gasteiger partial charge in [-0.2, -0.15) is 0 Å². The summed E-state index contributed by atoms with van der Waals surface area (Å²) in [6.45, 7) is 1.55. The molecular formula is C17H17N5. The van der Waals surface area contributed by atoms with E-state index in [1.165, 1.54) is 0 Å². The molecule has 0 N–H and O–H groups in total. The van der Waals surface area contributed by atoms with E-state index < -0.39 is 0 Å². The normalized spacial score (nSPS) is 11.1. The van der Waals surface area contributed by atoms with Gasteiger partial charge in [0.1, 0.15) is 5.69 Å². The molecule has 0 aliphatic rings. The van der Waals surface area contributed by atoms with Crippen molar-refractivity contribution in [1.29, 1.82) is 0 Å². The van der Waals surface area contributed by atoms with Crippen LogP contribution in [-0.4, -0.2) is 32.7 Å².